The molecular weight excluding hydrogens is 568 g/mol. The van der Waals surface area contributed by atoms with Gasteiger partial charge in [-0.3, -0.25) is 0 Å². The van der Waals surface area contributed by atoms with Crippen molar-refractivity contribution in [2.45, 2.75) is 37.1 Å². The third kappa shape index (κ3) is 6.44. The number of esters is 1. The molecule has 0 saturated carbocycles. The van der Waals surface area contributed by atoms with Crippen molar-refractivity contribution >= 4 is 17.8 Å². The van der Waals surface area contributed by atoms with Crippen LogP contribution in [0.2, 0.25) is 0 Å². The maximum atomic E-state index is 12.3. The van der Waals surface area contributed by atoms with Gasteiger partial charge in [-0.2, -0.15) is 0 Å². The van der Waals surface area contributed by atoms with E-state index in [0.29, 0.717) is 5.56 Å². The number of aromatic hydroxyl groups is 5. The van der Waals surface area contributed by atoms with E-state index < -0.39 is 54.8 Å². The second kappa shape index (κ2) is 12.1. The average molecular weight is 597 g/mol. The van der Waals surface area contributed by atoms with Crippen molar-refractivity contribution in [2.24, 2.45) is 0 Å². The first kappa shape index (κ1) is 29.5. The molecule has 0 unspecified atom stereocenters. The largest absolute Gasteiger partial charge is 0.508 e. The highest BCUT2D eigenvalue weighted by Crippen LogP contribution is 2.43. The quantitative estimate of drug-likeness (QED) is 0.111. The molecule has 1 fully saturated rings. The minimum absolute atomic E-state index is 0.0356. The first-order chi connectivity index (χ1) is 20.5. The van der Waals surface area contributed by atoms with E-state index in [2.05, 4.69) is 0 Å². The van der Waals surface area contributed by atoms with Gasteiger partial charge >= 0.3 is 5.97 Å². The van der Waals surface area contributed by atoms with Gasteiger partial charge in [0.25, 0.3) is 0 Å². The number of phenols is 5. The standard InChI is InChI=1S/C30H28O13/c31-16-5-1-14(2-6-16)3-8-25(36)40-13-24-26(37)27(38)28(39)30(43-24)42-23-12-18-20(34)10-17(32)11-22(18)41-29(23)15-4-7-19(33)21(35)9-15/h1-11,24,26-28,30-35,37-39H,12-13H2/b8-3+/t24-,26-,27+,28-,30-/m1/s1. The van der Waals surface area contributed by atoms with E-state index in [0.717, 1.165) is 12.1 Å². The lowest BCUT2D eigenvalue weighted by atomic mass is 9.98. The van der Waals surface area contributed by atoms with Gasteiger partial charge in [0.2, 0.25) is 6.29 Å². The molecule has 0 aliphatic carbocycles. The van der Waals surface area contributed by atoms with Crippen molar-refractivity contribution in [3.63, 3.8) is 0 Å². The lowest BCUT2D eigenvalue weighted by molar-refractivity contribution is -0.292. The molecule has 0 radical (unpaired) electrons. The van der Waals surface area contributed by atoms with E-state index in [4.69, 9.17) is 18.9 Å². The van der Waals surface area contributed by atoms with E-state index in [1.165, 1.54) is 42.5 Å². The van der Waals surface area contributed by atoms with Crippen LogP contribution in [0.1, 0.15) is 16.7 Å². The Kier molecular flexibility index (Phi) is 8.32. The molecule has 3 aromatic carbocycles. The van der Waals surface area contributed by atoms with Gasteiger partial charge in [0.15, 0.2) is 17.3 Å². The lowest BCUT2D eigenvalue weighted by Gasteiger charge is -2.40. The molecular formula is C30H28O13. The molecule has 5 rings (SSSR count). The van der Waals surface area contributed by atoms with E-state index in [-0.39, 0.29) is 52.1 Å². The molecule has 0 spiro atoms. The first-order valence-corrected chi connectivity index (χ1v) is 13.0. The number of hydrogen-bond acceptors (Lipinski definition) is 13. The van der Waals surface area contributed by atoms with Crippen LogP contribution < -0.4 is 4.74 Å². The van der Waals surface area contributed by atoms with Gasteiger partial charge in [-0.25, -0.2) is 4.79 Å². The Bertz CT molecular complexity index is 1560. The summed E-state index contributed by atoms with van der Waals surface area (Å²) < 4.78 is 22.6. The van der Waals surface area contributed by atoms with Gasteiger partial charge in [0, 0.05) is 35.8 Å². The Labute approximate surface area is 244 Å². The zero-order valence-corrected chi connectivity index (χ0v) is 22.3. The molecule has 0 amide bonds. The number of phenolic OH excluding ortho intramolecular Hbond substituents is 5. The predicted octanol–water partition coefficient (Wildman–Crippen LogP) is 1.60. The predicted molar refractivity (Wildman–Crippen MR) is 147 cm³/mol. The van der Waals surface area contributed by atoms with Crippen LogP contribution in [0.3, 0.4) is 0 Å². The number of allylic oxidation sites excluding steroid dienone is 1. The molecule has 43 heavy (non-hydrogen) atoms. The zero-order valence-electron chi connectivity index (χ0n) is 22.3. The summed E-state index contributed by atoms with van der Waals surface area (Å²) in [5, 5.41) is 81.2. The normalized spacial score (nSPS) is 23.5. The summed E-state index contributed by atoms with van der Waals surface area (Å²) in [7, 11) is 0. The molecule has 13 heteroatoms. The molecule has 8 N–H and O–H groups in total. The van der Waals surface area contributed by atoms with Crippen LogP contribution in [0.15, 0.2) is 66.4 Å². The summed E-state index contributed by atoms with van der Waals surface area (Å²) in [4.78, 5) is 12.3. The van der Waals surface area contributed by atoms with Crippen molar-refractivity contribution in [3.8, 4) is 34.5 Å². The van der Waals surface area contributed by atoms with Crippen LogP contribution in [-0.4, -0.2) is 84.1 Å². The Balaban J connectivity index is 1.36. The number of carbonyl (C=O) groups excluding carboxylic acids is 1. The van der Waals surface area contributed by atoms with Crippen LogP contribution in [-0.2, 0) is 25.4 Å². The maximum Gasteiger partial charge on any atom is 0.330 e. The summed E-state index contributed by atoms with van der Waals surface area (Å²) in [6.07, 6.45) is -5.80. The fourth-order valence-electron chi connectivity index (χ4n) is 4.53. The molecule has 2 aliphatic heterocycles. The SMILES string of the molecule is O=C(/C=C/c1ccc(O)cc1)OC[C@H]1O[C@@H](OC2=C(c3ccc(O)c(O)c3)Oc3cc(O)cc(O)c3C2)[C@H](O)[C@@H](O)[C@@H]1O. The number of carbonyl (C=O) groups is 1. The Morgan fingerprint density at radius 3 is 2.30 bits per heavy atom. The third-order valence-electron chi connectivity index (χ3n) is 6.83. The monoisotopic (exact) mass is 596 g/mol. The van der Waals surface area contributed by atoms with Crippen molar-refractivity contribution < 1.29 is 64.6 Å². The Morgan fingerprint density at radius 1 is 0.837 bits per heavy atom. The fraction of sp³-hybridized carbons (Fsp3) is 0.233. The number of aliphatic hydroxyl groups is 3. The second-order valence-electron chi connectivity index (χ2n) is 9.86. The van der Waals surface area contributed by atoms with E-state index in [9.17, 15) is 45.6 Å². The minimum Gasteiger partial charge on any atom is -0.508 e. The number of benzene rings is 3. The molecule has 2 heterocycles. The van der Waals surface area contributed by atoms with Gasteiger partial charge < -0.3 is 59.8 Å². The van der Waals surface area contributed by atoms with Crippen molar-refractivity contribution in [1.82, 2.24) is 0 Å². The van der Waals surface area contributed by atoms with Gasteiger partial charge in [-0.15, -0.1) is 0 Å². The molecule has 3 aromatic rings. The summed E-state index contributed by atoms with van der Waals surface area (Å²) in [5.74, 6) is -2.24. The van der Waals surface area contributed by atoms with Crippen LogP contribution in [0, 0.1) is 0 Å². The topological polar surface area (TPSA) is 216 Å². The van der Waals surface area contributed by atoms with Gasteiger partial charge in [-0.1, -0.05) is 12.1 Å². The summed E-state index contributed by atoms with van der Waals surface area (Å²) >= 11 is 0. The molecule has 226 valence electrons. The van der Waals surface area contributed by atoms with Crippen molar-refractivity contribution in [3.05, 3.63) is 83.1 Å². The highest BCUT2D eigenvalue weighted by Gasteiger charge is 2.46. The lowest BCUT2D eigenvalue weighted by Crippen LogP contribution is -2.59. The van der Waals surface area contributed by atoms with Crippen molar-refractivity contribution in [1.29, 1.82) is 0 Å². The third-order valence-corrected chi connectivity index (χ3v) is 6.83. The summed E-state index contributed by atoms with van der Waals surface area (Å²) in [6, 6.07) is 12.1. The van der Waals surface area contributed by atoms with Gasteiger partial charge in [-0.05, 0) is 42.0 Å². The summed E-state index contributed by atoms with van der Waals surface area (Å²) in [6.45, 7) is -0.527. The summed E-state index contributed by atoms with van der Waals surface area (Å²) in [5.41, 5.74) is 1.02. The number of ether oxygens (including phenoxy) is 4. The number of hydrogen-bond donors (Lipinski definition) is 8. The molecule has 0 bridgehead atoms. The molecule has 1 saturated heterocycles. The Morgan fingerprint density at radius 2 is 1.58 bits per heavy atom. The number of fused-ring (bicyclic) bond motifs is 1. The van der Waals surface area contributed by atoms with Crippen LogP contribution >= 0.6 is 0 Å². The van der Waals surface area contributed by atoms with Gasteiger partial charge in [0.05, 0.1) is 0 Å². The van der Waals surface area contributed by atoms with Gasteiger partial charge in [0.1, 0.15) is 59.8 Å². The van der Waals surface area contributed by atoms with Crippen molar-refractivity contribution in [2.75, 3.05) is 6.61 Å². The second-order valence-corrected chi connectivity index (χ2v) is 9.86. The molecule has 0 aromatic heterocycles. The number of aliphatic hydroxyl groups excluding tert-OH is 3. The molecule has 13 nitrogen and oxygen atoms in total. The maximum absolute atomic E-state index is 12.3. The van der Waals surface area contributed by atoms with Crippen LogP contribution in [0.4, 0.5) is 0 Å². The number of rotatable bonds is 7. The van der Waals surface area contributed by atoms with Crippen LogP contribution in [0.25, 0.3) is 11.8 Å². The molecule has 5 atom stereocenters. The average Bonchev–Trinajstić information content (AvgIpc) is 2.98. The molecule has 2 aliphatic rings. The van der Waals surface area contributed by atoms with E-state index >= 15 is 0 Å². The van der Waals surface area contributed by atoms with Crippen LogP contribution in [0.5, 0.6) is 34.5 Å². The van der Waals surface area contributed by atoms with E-state index in [1.807, 2.05) is 0 Å². The highest BCUT2D eigenvalue weighted by atomic mass is 16.7. The fourth-order valence-corrected chi connectivity index (χ4v) is 4.53. The highest BCUT2D eigenvalue weighted by molar-refractivity contribution is 5.87. The first-order valence-electron chi connectivity index (χ1n) is 13.0. The Hall–Kier alpha value is -4.95. The van der Waals surface area contributed by atoms with E-state index in [1.54, 1.807) is 12.1 Å². The minimum atomic E-state index is -1.78. The smallest absolute Gasteiger partial charge is 0.330 e. The zero-order chi connectivity index (χ0) is 30.8.